The number of amides is 1. The summed E-state index contributed by atoms with van der Waals surface area (Å²) in [7, 11) is 0. The van der Waals surface area contributed by atoms with Crippen LogP contribution >= 0.6 is 0 Å². The van der Waals surface area contributed by atoms with Crippen LogP contribution in [0.4, 0.5) is 4.39 Å². The van der Waals surface area contributed by atoms with Crippen molar-refractivity contribution in [2.24, 2.45) is 0 Å². The zero-order valence-electron chi connectivity index (χ0n) is 12.1. The lowest BCUT2D eigenvalue weighted by Gasteiger charge is -2.05. The predicted octanol–water partition coefficient (Wildman–Crippen LogP) is 3.21. The molecule has 112 valence electrons. The van der Waals surface area contributed by atoms with E-state index in [9.17, 15) is 9.18 Å². The number of carbonyl (C=O) groups is 1. The van der Waals surface area contributed by atoms with Gasteiger partial charge in [0.1, 0.15) is 5.82 Å². The van der Waals surface area contributed by atoms with Gasteiger partial charge >= 0.3 is 0 Å². The van der Waals surface area contributed by atoms with Gasteiger partial charge in [0.05, 0.1) is 6.42 Å². The number of aromatic nitrogens is 1. The molecule has 0 aliphatic rings. The molecule has 3 aromatic rings. The summed E-state index contributed by atoms with van der Waals surface area (Å²) in [6.07, 6.45) is 2.92. The first kappa shape index (κ1) is 14.3. The fourth-order valence-corrected chi connectivity index (χ4v) is 2.54. The van der Waals surface area contributed by atoms with Gasteiger partial charge in [-0.15, -0.1) is 0 Å². The minimum Gasteiger partial charge on any atom is -0.361 e. The molecule has 4 heteroatoms. The first-order valence-electron chi connectivity index (χ1n) is 7.28. The highest BCUT2D eigenvalue weighted by Gasteiger charge is 2.06. The van der Waals surface area contributed by atoms with Crippen molar-refractivity contribution in [3.8, 4) is 0 Å². The lowest BCUT2D eigenvalue weighted by Crippen LogP contribution is -2.27. The van der Waals surface area contributed by atoms with Gasteiger partial charge in [0, 0.05) is 23.6 Å². The molecule has 0 bridgehead atoms. The van der Waals surface area contributed by atoms with Gasteiger partial charge in [-0.1, -0.05) is 30.3 Å². The molecular weight excluding hydrogens is 279 g/mol. The summed E-state index contributed by atoms with van der Waals surface area (Å²) < 4.78 is 13.3. The third kappa shape index (κ3) is 3.34. The van der Waals surface area contributed by atoms with E-state index >= 15 is 0 Å². The molecule has 0 aliphatic carbocycles. The molecule has 3 rings (SSSR count). The second-order valence-corrected chi connectivity index (χ2v) is 5.27. The Labute approximate surface area is 128 Å². The molecule has 0 saturated heterocycles. The van der Waals surface area contributed by atoms with Crippen LogP contribution in [0.15, 0.2) is 54.7 Å². The van der Waals surface area contributed by atoms with E-state index in [1.807, 2.05) is 36.5 Å². The van der Waals surface area contributed by atoms with Gasteiger partial charge in [0.25, 0.3) is 0 Å². The Morgan fingerprint density at radius 3 is 2.77 bits per heavy atom. The highest BCUT2D eigenvalue weighted by molar-refractivity contribution is 5.83. The van der Waals surface area contributed by atoms with E-state index in [1.54, 1.807) is 6.07 Å². The molecular formula is C18H17FN2O. The summed E-state index contributed by atoms with van der Waals surface area (Å²) in [6.45, 7) is 0.537. The fraction of sp³-hybridized carbons (Fsp3) is 0.167. The molecule has 2 aromatic carbocycles. The minimum absolute atomic E-state index is 0.00257. The summed E-state index contributed by atoms with van der Waals surface area (Å²) in [6, 6.07) is 14.3. The lowest BCUT2D eigenvalue weighted by atomic mass is 10.1. The molecule has 0 spiro atoms. The molecule has 3 nitrogen and oxygen atoms in total. The summed E-state index contributed by atoms with van der Waals surface area (Å²) in [4.78, 5) is 15.0. The normalized spacial score (nSPS) is 10.8. The third-order valence-corrected chi connectivity index (χ3v) is 3.65. The van der Waals surface area contributed by atoms with Crippen LogP contribution in [0.3, 0.4) is 0 Å². The number of hydrogen-bond donors (Lipinski definition) is 2. The molecule has 1 amide bonds. The van der Waals surface area contributed by atoms with Gasteiger partial charge in [0.2, 0.25) is 5.91 Å². The molecule has 0 atom stereocenters. The van der Waals surface area contributed by atoms with Crippen LogP contribution in [0.1, 0.15) is 11.1 Å². The number of halogens is 1. The van der Waals surface area contributed by atoms with Crippen LogP contribution in [0.5, 0.6) is 0 Å². The smallest absolute Gasteiger partial charge is 0.224 e. The van der Waals surface area contributed by atoms with Gasteiger partial charge in [-0.2, -0.15) is 0 Å². The quantitative estimate of drug-likeness (QED) is 0.746. The highest BCUT2D eigenvalue weighted by atomic mass is 19.1. The second-order valence-electron chi connectivity index (χ2n) is 5.27. The van der Waals surface area contributed by atoms with Gasteiger partial charge in [-0.05, 0) is 35.7 Å². The van der Waals surface area contributed by atoms with Crippen molar-refractivity contribution in [1.82, 2.24) is 10.3 Å². The maximum absolute atomic E-state index is 13.3. The van der Waals surface area contributed by atoms with E-state index in [4.69, 9.17) is 0 Å². The van der Waals surface area contributed by atoms with Gasteiger partial charge in [-0.25, -0.2) is 4.39 Å². The van der Waals surface area contributed by atoms with E-state index in [0.717, 1.165) is 22.0 Å². The number of hydrogen-bond acceptors (Lipinski definition) is 1. The van der Waals surface area contributed by atoms with Crippen molar-refractivity contribution in [3.05, 3.63) is 71.7 Å². The van der Waals surface area contributed by atoms with Crippen LogP contribution < -0.4 is 5.32 Å². The Kier molecular flexibility index (Phi) is 4.19. The maximum atomic E-state index is 13.3. The summed E-state index contributed by atoms with van der Waals surface area (Å²) in [5.41, 5.74) is 2.91. The number of nitrogens with one attached hydrogen (secondary N) is 2. The van der Waals surface area contributed by atoms with Gasteiger partial charge in [-0.3, -0.25) is 4.79 Å². The number of rotatable bonds is 5. The average molecular weight is 296 g/mol. The number of aromatic amines is 1. The van der Waals surface area contributed by atoms with Gasteiger partial charge < -0.3 is 10.3 Å². The molecule has 1 aromatic heterocycles. The molecule has 0 aliphatic heterocycles. The third-order valence-electron chi connectivity index (χ3n) is 3.65. The van der Waals surface area contributed by atoms with Crippen LogP contribution in [0.25, 0.3) is 10.9 Å². The molecule has 0 fully saturated rings. The lowest BCUT2D eigenvalue weighted by molar-refractivity contribution is -0.120. The van der Waals surface area contributed by atoms with E-state index in [-0.39, 0.29) is 11.7 Å². The van der Waals surface area contributed by atoms with E-state index < -0.39 is 0 Å². The Morgan fingerprint density at radius 1 is 1.14 bits per heavy atom. The monoisotopic (exact) mass is 296 g/mol. The van der Waals surface area contributed by atoms with Crippen LogP contribution in [-0.4, -0.2) is 17.4 Å². The van der Waals surface area contributed by atoms with Crippen molar-refractivity contribution in [2.45, 2.75) is 12.8 Å². The highest BCUT2D eigenvalue weighted by Crippen LogP contribution is 2.19. The maximum Gasteiger partial charge on any atom is 0.224 e. The number of benzene rings is 2. The molecule has 0 unspecified atom stereocenters. The van der Waals surface area contributed by atoms with Crippen molar-refractivity contribution < 1.29 is 9.18 Å². The topological polar surface area (TPSA) is 44.9 Å². The first-order valence-corrected chi connectivity index (χ1v) is 7.28. The Morgan fingerprint density at radius 2 is 1.95 bits per heavy atom. The van der Waals surface area contributed by atoms with Crippen molar-refractivity contribution in [1.29, 1.82) is 0 Å². The standard InChI is InChI=1S/C18H17FN2O/c19-15-6-7-17-16(11-15)14(12-21-17)8-9-20-18(22)10-13-4-2-1-3-5-13/h1-7,11-12,21H,8-10H2,(H,20,22). The number of H-pyrrole nitrogens is 1. The van der Waals surface area contributed by atoms with Crippen LogP contribution in [0.2, 0.25) is 0 Å². The van der Waals surface area contributed by atoms with Crippen molar-refractivity contribution in [2.75, 3.05) is 6.54 Å². The fourth-order valence-electron chi connectivity index (χ4n) is 2.54. The van der Waals surface area contributed by atoms with Crippen LogP contribution in [-0.2, 0) is 17.6 Å². The zero-order valence-corrected chi connectivity index (χ0v) is 12.1. The molecule has 0 radical (unpaired) electrons. The van der Waals surface area contributed by atoms with E-state index in [0.29, 0.717) is 19.4 Å². The summed E-state index contributed by atoms with van der Waals surface area (Å²) in [5.74, 6) is -0.251. The minimum atomic E-state index is -0.249. The zero-order chi connectivity index (χ0) is 15.4. The largest absolute Gasteiger partial charge is 0.361 e. The van der Waals surface area contributed by atoms with Crippen molar-refractivity contribution >= 4 is 16.8 Å². The first-order chi connectivity index (χ1) is 10.7. The molecule has 0 saturated carbocycles. The molecule has 22 heavy (non-hydrogen) atoms. The Hall–Kier alpha value is -2.62. The van der Waals surface area contributed by atoms with E-state index in [1.165, 1.54) is 12.1 Å². The average Bonchev–Trinajstić information content (AvgIpc) is 2.91. The molecule has 2 N–H and O–H groups in total. The Bertz CT molecular complexity index is 780. The summed E-state index contributed by atoms with van der Waals surface area (Å²) >= 11 is 0. The summed E-state index contributed by atoms with van der Waals surface area (Å²) in [5, 5.41) is 3.77. The second kappa shape index (κ2) is 6.43. The number of fused-ring (bicyclic) bond motifs is 1. The van der Waals surface area contributed by atoms with Crippen LogP contribution in [0, 0.1) is 5.82 Å². The predicted molar refractivity (Wildman–Crippen MR) is 85.1 cm³/mol. The van der Waals surface area contributed by atoms with Gasteiger partial charge in [0.15, 0.2) is 0 Å². The Balaban J connectivity index is 1.56. The number of carbonyl (C=O) groups excluding carboxylic acids is 1. The SMILES string of the molecule is O=C(Cc1ccccc1)NCCc1c[nH]c2ccc(F)cc12. The van der Waals surface area contributed by atoms with E-state index in [2.05, 4.69) is 10.3 Å². The van der Waals surface area contributed by atoms with Crippen molar-refractivity contribution in [3.63, 3.8) is 0 Å². The molecule has 1 heterocycles.